The third kappa shape index (κ3) is 10.3. The van der Waals surface area contributed by atoms with Gasteiger partial charge in [-0.25, -0.2) is 9.59 Å². The van der Waals surface area contributed by atoms with Crippen LogP contribution in [0.2, 0.25) is 0 Å². The zero-order valence-corrected chi connectivity index (χ0v) is 21.6. The lowest BCUT2D eigenvalue weighted by atomic mass is 9.92. The first-order chi connectivity index (χ1) is 17.3. The number of carbonyl (C=O) groups excluding carboxylic acids is 1. The Bertz CT molecular complexity index is 1020. The topological polar surface area (TPSA) is 88.1 Å². The number of hydrogen-bond donors (Lipinski definition) is 2. The number of carboxylic acid groups (broad SMARTS) is 1. The lowest BCUT2D eigenvalue weighted by Gasteiger charge is -2.27. The molecule has 0 bridgehead atoms. The molecule has 0 aliphatic heterocycles. The van der Waals surface area contributed by atoms with Crippen molar-refractivity contribution in [1.29, 1.82) is 0 Å². The maximum atomic E-state index is 13.3. The highest BCUT2D eigenvalue weighted by molar-refractivity contribution is 5.90. The van der Waals surface area contributed by atoms with Gasteiger partial charge in [0.1, 0.15) is 12.4 Å². The van der Waals surface area contributed by atoms with Crippen LogP contribution in [0.3, 0.4) is 0 Å². The lowest BCUT2D eigenvalue weighted by Crippen LogP contribution is -2.40. The minimum Gasteiger partial charge on any atom is -0.492 e. The zero-order chi connectivity index (χ0) is 27.6. The number of nitrogens with zero attached hydrogens (tertiary/aromatic N) is 1. The van der Waals surface area contributed by atoms with E-state index in [1.54, 1.807) is 31.2 Å². The van der Waals surface area contributed by atoms with E-state index < -0.39 is 29.8 Å². The molecule has 1 unspecified atom stereocenters. The Morgan fingerprint density at radius 1 is 1.03 bits per heavy atom. The fourth-order valence-corrected chi connectivity index (χ4v) is 3.45. The molecule has 0 fully saturated rings. The van der Waals surface area contributed by atoms with Gasteiger partial charge in [-0.2, -0.15) is 13.2 Å². The Balaban J connectivity index is 2.03. The molecule has 7 nitrogen and oxygen atoms in total. The first-order valence-corrected chi connectivity index (χ1v) is 12.1. The smallest absolute Gasteiger partial charge is 0.418 e. The Morgan fingerprint density at radius 2 is 1.68 bits per heavy atom. The standard InChI is InChI=1S/C27H35F3N2O5/c1-5-36-23(24(33)34)18-19-10-12-20(13-11-19)37-17-16-32(15-14-26(2,3)4)25(35)31-22-9-7-6-8-21(22)27(28,29)30/h6-13,23H,5,14-18H2,1-4H3,(H,31,35)(H,33,34). The van der Waals surface area contributed by atoms with Crippen molar-refractivity contribution >= 4 is 17.7 Å². The molecule has 0 heterocycles. The molecule has 2 rings (SSSR count). The van der Waals surface area contributed by atoms with Crippen LogP contribution in [-0.2, 0) is 22.1 Å². The van der Waals surface area contributed by atoms with Crippen molar-refractivity contribution in [3.8, 4) is 5.75 Å². The molecule has 0 saturated carbocycles. The van der Waals surface area contributed by atoms with Crippen LogP contribution in [0.15, 0.2) is 48.5 Å². The van der Waals surface area contributed by atoms with E-state index in [9.17, 15) is 27.9 Å². The van der Waals surface area contributed by atoms with E-state index in [1.165, 1.54) is 23.1 Å². The maximum Gasteiger partial charge on any atom is 0.418 e. The van der Waals surface area contributed by atoms with Gasteiger partial charge in [-0.1, -0.05) is 45.0 Å². The maximum absolute atomic E-state index is 13.3. The van der Waals surface area contributed by atoms with Gasteiger partial charge in [0.15, 0.2) is 6.10 Å². The summed E-state index contributed by atoms with van der Waals surface area (Å²) in [7, 11) is 0. The summed E-state index contributed by atoms with van der Waals surface area (Å²) in [5.74, 6) is -0.515. The number of ether oxygens (including phenoxy) is 2. The number of halogens is 3. The van der Waals surface area contributed by atoms with Crippen molar-refractivity contribution in [2.75, 3.05) is 31.6 Å². The van der Waals surface area contributed by atoms with E-state index in [0.29, 0.717) is 25.3 Å². The van der Waals surface area contributed by atoms with Gasteiger partial charge >= 0.3 is 18.2 Å². The van der Waals surface area contributed by atoms with Crippen LogP contribution in [0.5, 0.6) is 5.75 Å². The Labute approximate surface area is 215 Å². The number of hydrogen-bond acceptors (Lipinski definition) is 4. The van der Waals surface area contributed by atoms with E-state index in [1.807, 2.05) is 20.8 Å². The van der Waals surface area contributed by atoms with Crippen LogP contribution in [0, 0.1) is 5.41 Å². The number of rotatable bonds is 12. The minimum atomic E-state index is -4.59. The SMILES string of the molecule is CCOC(Cc1ccc(OCCN(CCC(C)(C)C)C(=O)Nc2ccccc2C(F)(F)F)cc1)C(=O)O. The number of nitrogens with one attached hydrogen (secondary N) is 1. The highest BCUT2D eigenvalue weighted by Gasteiger charge is 2.34. The van der Waals surface area contributed by atoms with E-state index in [0.717, 1.165) is 11.6 Å². The van der Waals surface area contributed by atoms with E-state index in [4.69, 9.17) is 9.47 Å². The highest BCUT2D eigenvalue weighted by atomic mass is 19.4. The van der Waals surface area contributed by atoms with Crippen molar-refractivity contribution in [2.24, 2.45) is 5.41 Å². The molecule has 10 heteroatoms. The summed E-state index contributed by atoms with van der Waals surface area (Å²) in [5, 5.41) is 11.6. The monoisotopic (exact) mass is 524 g/mol. The van der Waals surface area contributed by atoms with Crippen LogP contribution in [0.4, 0.5) is 23.7 Å². The van der Waals surface area contributed by atoms with Crippen molar-refractivity contribution in [1.82, 2.24) is 4.90 Å². The van der Waals surface area contributed by atoms with Gasteiger partial charge in [-0.3, -0.25) is 0 Å². The van der Waals surface area contributed by atoms with Crippen molar-refractivity contribution in [2.45, 2.75) is 52.8 Å². The van der Waals surface area contributed by atoms with Crippen molar-refractivity contribution < 1.29 is 37.3 Å². The first kappa shape index (κ1) is 30.0. The number of urea groups is 1. The average Bonchev–Trinajstić information content (AvgIpc) is 2.80. The average molecular weight is 525 g/mol. The van der Waals surface area contributed by atoms with E-state index in [-0.39, 0.29) is 30.7 Å². The number of alkyl halides is 3. The summed E-state index contributed by atoms with van der Waals surface area (Å²) in [6, 6.07) is 11.1. The zero-order valence-electron chi connectivity index (χ0n) is 21.6. The Kier molecular flexibility index (Phi) is 10.8. The molecule has 37 heavy (non-hydrogen) atoms. The number of carboxylic acids is 1. The van der Waals surface area contributed by atoms with Gasteiger partial charge in [0.25, 0.3) is 0 Å². The summed E-state index contributed by atoms with van der Waals surface area (Å²) >= 11 is 0. The molecule has 1 atom stereocenters. The molecule has 0 spiro atoms. The molecule has 2 N–H and O–H groups in total. The van der Waals surface area contributed by atoms with Crippen LogP contribution in [-0.4, -0.2) is 54.4 Å². The van der Waals surface area contributed by atoms with Gasteiger partial charge in [0, 0.05) is 19.6 Å². The van der Waals surface area contributed by atoms with Crippen LogP contribution >= 0.6 is 0 Å². The third-order valence-corrected chi connectivity index (χ3v) is 5.51. The van der Waals surface area contributed by atoms with E-state index in [2.05, 4.69) is 5.32 Å². The number of amides is 2. The summed E-state index contributed by atoms with van der Waals surface area (Å²) in [4.78, 5) is 25.7. The number of carbonyl (C=O) groups is 2. The molecule has 2 aromatic carbocycles. The molecule has 2 amide bonds. The lowest BCUT2D eigenvalue weighted by molar-refractivity contribution is -0.150. The minimum absolute atomic E-state index is 0.0889. The summed E-state index contributed by atoms with van der Waals surface area (Å²) in [5.41, 5.74) is -0.536. The summed E-state index contributed by atoms with van der Waals surface area (Å²) in [6.45, 7) is 8.67. The molecule has 0 saturated heterocycles. The molecular formula is C27H35F3N2O5. The number of para-hydroxylation sites is 1. The summed E-state index contributed by atoms with van der Waals surface area (Å²) < 4.78 is 51.0. The fourth-order valence-electron chi connectivity index (χ4n) is 3.45. The fraction of sp³-hybridized carbons (Fsp3) is 0.481. The molecule has 0 aliphatic carbocycles. The Hall–Kier alpha value is -3.27. The quantitative estimate of drug-likeness (QED) is 0.351. The molecule has 0 aliphatic rings. The molecule has 0 radical (unpaired) electrons. The van der Waals surface area contributed by atoms with Gasteiger partial charge in [0.2, 0.25) is 0 Å². The van der Waals surface area contributed by atoms with Crippen molar-refractivity contribution in [3.05, 3.63) is 59.7 Å². The predicted molar refractivity (Wildman–Crippen MR) is 135 cm³/mol. The predicted octanol–water partition coefficient (Wildman–Crippen LogP) is 6.09. The summed E-state index contributed by atoms with van der Waals surface area (Å²) in [6.07, 6.45) is -4.68. The second-order valence-electron chi connectivity index (χ2n) is 9.75. The van der Waals surface area contributed by atoms with Gasteiger partial charge < -0.3 is 24.8 Å². The van der Waals surface area contributed by atoms with Crippen molar-refractivity contribution in [3.63, 3.8) is 0 Å². The van der Waals surface area contributed by atoms with Crippen LogP contribution in [0.1, 0.15) is 45.2 Å². The van der Waals surface area contributed by atoms with Gasteiger partial charge in [0.05, 0.1) is 17.8 Å². The Morgan fingerprint density at radius 3 is 2.24 bits per heavy atom. The second-order valence-corrected chi connectivity index (χ2v) is 9.75. The molecule has 204 valence electrons. The van der Waals surface area contributed by atoms with Crippen LogP contribution in [0.25, 0.3) is 0 Å². The molecule has 0 aromatic heterocycles. The normalized spacial score (nSPS) is 12.6. The van der Waals surface area contributed by atoms with E-state index >= 15 is 0 Å². The number of benzene rings is 2. The molecular weight excluding hydrogens is 489 g/mol. The highest BCUT2D eigenvalue weighted by Crippen LogP contribution is 2.34. The third-order valence-electron chi connectivity index (χ3n) is 5.51. The molecule has 2 aromatic rings. The number of anilines is 1. The largest absolute Gasteiger partial charge is 0.492 e. The van der Waals surface area contributed by atoms with Crippen LogP contribution < -0.4 is 10.1 Å². The second kappa shape index (κ2) is 13.3. The van der Waals surface area contributed by atoms with Gasteiger partial charge in [-0.15, -0.1) is 0 Å². The van der Waals surface area contributed by atoms with Gasteiger partial charge in [-0.05, 0) is 48.6 Å². The first-order valence-electron chi connectivity index (χ1n) is 12.1. The number of aliphatic carboxylic acids is 1.